The van der Waals surface area contributed by atoms with Gasteiger partial charge < -0.3 is 25.7 Å². The standard InChI is InChI=1S/C33H41N3O5S/c1-22-25(16-11-17-27(22)37)30(39)35-26(20-23-12-5-2-6-13-23)28(38)32(41)36-21-42-33(18-9-4-10-19-33)29(36)31(40)34-24-14-7-3-8-15-24/h2,5-7,11-14,16-17,24,26,28-29,37-38H,3-4,8-10,15,18-21H2,1H3,(H,34,40)(H,35,39)/t24?,26-,28-,29+/m0/s1. The van der Waals surface area contributed by atoms with E-state index < -0.39 is 30.0 Å². The molecule has 42 heavy (non-hydrogen) atoms. The number of aromatic hydroxyl groups is 1. The van der Waals surface area contributed by atoms with E-state index in [1.165, 1.54) is 6.07 Å². The van der Waals surface area contributed by atoms with E-state index >= 15 is 0 Å². The van der Waals surface area contributed by atoms with Crippen LogP contribution >= 0.6 is 11.8 Å². The summed E-state index contributed by atoms with van der Waals surface area (Å²) in [6.07, 6.45) is 10.4. The van der Waals surface area contributed by atoms with E-state index in [-0.39, 0.29) is 34.4 Å². The number of phenolic OH excluding ortho intramolecular Hbond substituents is 1. The number of carbonyl (C=O) groups is 3. The number of hydrogen-bond acceptors (Lipinski definition) is 6. The maximum atomic E-state index is 14.1. The number of hydrogen-bond donors (Lipinski definition) is 4. The third-order valence-corrected chi connectivity index (χ3v) is 10.5. The van der Waals surface area contributed by atoms with E-state index in [4.69, 9.17) is 0 Å². The topological polar surface area (TPSA) is 119 Å². The molecule has 1 saturated heterocycles. The highest BCUT2D eigenvalue weighted by atomic mass is 32.2. The van der Waals surface area contributed by atoms with Crippen LogP contribution in [-0.2, 0) is 16.0 Å². The monoisotopic (exact) mass is 591 g/mol. The molecule has 2 aliphatic carbocycles. The fraction of sp³-hybridized carbons (Fsp3) is 0.485. The molecular weight excluding hydrogens is 550 g/mol. The minimum atomic E-state index is -1.57. The summed E-state index contributed by atoms with van der Waals surface area (Å²) in [5.41, 5.74) is 1.53. The van der Waals surface area contributed by atoms with E-state index in [1.807, 2.05) is 36.4 Å². The highest BCUT2D eigenvalue weighted by Crippen LogP contribution is 2.49. The van der Waals surface area contributed by atoms with Crippen LogP contribution in [0.2, 0.25) is 0 Å². The third-order valence-electron chi connectivity index (χ3n) is 8.91. The average molecular weight is 592 g/mol. The molecule has 1 unspecified atom stereocenters. The minimum Gasteiger partial charge on any atom is -0.508 e. The second-order valence-corrected chi connectivity index (χ2v) is 13.1. The summed E-state index contributed by atoms with van der Waals surface area (Å²) < 4.78 is -0.382. The van der Waals surface area contributed by atoms with Crippen LogP contribution < -0.4 is 10.6 Å². The van der Waals surface area contributed by atoms with Crippen LogP contribution in [0.15, 0.2) is 60.7 Å². The van der Waals surface area contributed by atoms with Crippen LogP contribution in [0.1, 0.15) is 72.9 Å². The molecule has 2 fully saturated rings. The molecule has 0 bridgehead atoms. The summed E-state index contributed by atoms with van der Waals surface area (Å²) in [7, 11) is 0. The van der Waals surface area contributed by atoms with Gasteiger partial charge >= 0.3 is 0 Å². The lowest BCUT2D eigenvalue weighted by molar-refractivity contribution is -0.147. The highest BCUT2D eigenvalue weighted by Gasteiger charge is 2.55. The van der Waals surface area contributed by atoms with Gasteiger partial charge in [-0.2, -0.15) is 0 Å². The van der Waals surface area contributed by atoms with Gasteiger partial charge in [-0.3, -0.25) is 14.4 Å². The lowest BCUT2D eigenvalue weighted by Gasteiger charge is -2.40. The first kappa shape index (κ1) is 30.2. The van der Waals surface area contributed by atoms with Crippen molar-refractivity contribution in [3.8, 4) is 5.75 Å². The SMILES string of the molecule is Cc1c(O)cccc1C(=O)N[C@@H](Cc1ccccc1)[C@H](O)C(=O)N1CSC2(CCCCC2)[C@H]1C(=O)NC1C=CCCC1. The smallest absolute Gasteiger partial charge is 0.254 e. The van der Waals surface area contributed by atoms with Crippen LogP contribution in [-0.4, -0.2) is 67.7 Å². The van der Waals surface area contributed by atoms with Crippen molar-refractivity contribution in [2.75, 3.05) is 5.88 Å². The fourth-order valence-electron chi connectivity index (χ4n) is 6.54. The largest absolute Gasteiger partial charge is 0.508 e. The van der Waals surface area contributed by atoms with Gasteiger partial charge in [-0.05, 0) is 63.1 Å². The third kappa shape index (κ3) is 6.52. The van der Waals surface area contributed by atoms with Crippen molar-refractivity contribution in [3.05, 3.63) is 77.4 Å². The van der Waals surface area contributed by atoms with Gasteiger partial charge in [-0.1, -0.05) is 67.8 Å². The zero-order valence-corrected chi connectivity index (χ0v) is 24.9. The van der Waals surface area contributed by atoms with Gasteiger partial charge in [0.15, 0.2) is 6.10 Å². The molecule has 0 radical (unpaired) electrons. The molecule has 4 N–H and O–H groups in total. The normalized spacial score (nSPS) is 22.9. The summed E-state index contributed by atoms with van der Waals surface area (Å²) in [6, 6.07) is 12.4. The molecule has 0 aromatic heterocycles. The highest BCUT2D eigenvalue weighted by molar-refractivity contribution is 8.01. The van der Waals surface area contributed by atoms with Crippen molar-refractivity contribution in [3.63, 3.8) is 0 Å². The predicted octanol–water partition coefficient (Wildman–Crippen LogP) is 4.23. The second kappa shape index (κ2) is 13.3. The lowest BCUT2D eigenvalue weighted by Crippen LogP contribution is -2.60. The van der Waals surface area contributed by atoms with Gasteiger partial charge in [-0.25, -0.2) is 0 Å². The Bertz CT molecular complexity index is 1310. The lowest BCUT2D eigenvalue weighted by atomic mass is 9.81. The number of aliphatic hydroxyl groups is 1. The molecule has 1 spiro atoms. The molecule has 1 heterocycles. The van der Waals surface area contributed by atoms with Crippen LogP contribution in [0.5, 0.6) is 5.75 Å². The molecule has 5 rings (SSSR count). The molecular formula is C33H41N3O5S. The van der Waals surface area contributed by atoms with Crippen molar-refractivity contribution in [1.82, 2.24) is 15.5 Å². The first-order valence-corrected chi connectivity index (χ1v) is 16.0. The van der Waals surface area contributed by atoms with Gasteiger partial charge in [-0.15, -0.1) is 11.8 Å². The van der Waals surface area contributed by atoms with Crippen molar-refractivity contribution in [1.29, 1.82) is 0 Å². The van der Waals surface area contributed by atoms with Crippen LogP contribution in [0.3, 0.4) is 0 Å². The van der Waals surface area contributed by atoms with Gasteiger partial charge in [0, 0.05) is 21.9 Å². The molecule has 224 valence electrons. The maximum Gasteiger partial charge on any atom is 0.254 e. The van der Waals surface area contributed by atoms with E-state index in [2.05, 4.69) is 16.7 Å². The Hall–Kier alpha value is -3.30. The van der Waals surface area contributed by atoms with Crippen molar-refractivity contribution in [2.45, 2.75) is 93.7 Å². The number of phenols is 1. The number of benzene rings is 2. The van der Waals surface area contributed by atoms with Gasteiger partial charge in [0.05, 0.1) is 11.9 Å². The van der Waals surface area contributed by atoms with Crippen LogP contribution in [0.4, 0.5) is 0 Å². The Balaban J connectivity index is 1.41. The van der Waals surface area contributed by atoms with Crippen molar-refractivity contribution < 1.29 is 24.6 Å². The minimum absolute atomic E-state index is 0.00702. The van der Waals surface area contributed by atoms with Gasteiger partial charge in [0.1, 0.15) is 11.8 Å². The van der Waals surface area contributed by atoms with Gasteiger partial charge in [0.25, 0.3) is 11.8 Å². The first-order chi connectivity index (χ1) is 20.3. The molecule has 1 aliphatic heterocycles. The summed E-state index contributed by atoms with van der Waals surface area (Å²) in [4.78, 5) is 42.9. The number of amides is 3. The summed E-state index contributed by atoms with van der Waals surface area (Å²) in [6.45, 7) is 1.65. The Morgan fingerprint density at radius 1 is 1.05 bits per heavy atom. The van der Waals surface area contributed by atoms with E-state index in [9.17, 15) is 24.6 Å². The number of thioether (sulfide) groups is 1. The van der Waals surface area contributed by atoms with Crippen molar-refractivity contribution >= 4 is 29.5 Å². The van der Waals surface area contributed by atoms with E-state index in [1.54, 1.807) is 35.7 Å². The summed E-state index contributed by atoms with van der Waals surface area (Å²) in [5.74, 6) is -0.913. The van der Waals surface area contributed by atoms with Crippen LogP contribution in [0.25, 0.3) is 0 Å². The Morgan fingerprint density at radius 2 is 1.81 bits per heavy atom. The summed E-state index contributed by atoms with van der Waals surface area (Å²) >= 11 is 1.65. The molecule has 3 aliphatic rings. The number of carbonyl (C=O) groups excluding carboxylic acids is 3. The van der Waals surface area contributed by atoms with Crippen molar-refractivity contribution in [2.24, 2.45) is 0 Å². The molecule has 9 heteroatoms. The molecule has 1 saturated carbocycles. The number of rotatable bonds is 8. The average Bonchev–Trinajstić information content (AvgIpc) is 3.36. The van der Waals surface area contributed by atoms with E-state index in [0.29, 0.717) is 11.4 Å². The molecule has 3 amide bonds. The number of nitrogens with one attached hydrogen (secondary N) is 2. The number of nitrogens with zero attached hydrogens (tertiary/aromatic N) is 1. The molecule has 2 aromatic carbocycles. The molecule has 8 nitrogen and oxygen atoms in total. The fourth-order valence-corrected chi connectivity index (χ4v) is 8.18. The Kier molecular flexibility index (Phi) is 9.58. The van der Waals surface area contributed by atoms with Gasteiger partial charge in [0.2, 0.25) is 5.91 Å². The maximum absolute atomic E-state index is 14.1. The Labute approximate surface area is 252 Å². The van der Waals surface area contributed by atoms with E-state index in [0.717, 1.165) is 56.9 Å². The van der Waals surface area contributed by atoms with Crippen LogP contribution in [0, 0.1) is 6.92 Å². The molecule has 4 atom stereocenters. The number of allylic oxidation sites excluding steroid dienone is 1. The Morgan fingerprint density at radius 3 is 2.52 bits per heavy atom. The second-order valence-electron chi connectivity index (χ2n) is 11.7. The molecule has 2 aromatic rings. The zero-order valence-electron chi connectivity index (χ0n) is 24.1. The quantitative estimate of drug-likeness (QED) is 0.341. The first-order valence-electron chi connectivity index (χ1n) is 15.0. The number of aliphatic hydroxyl groups excluding tert-OH is 1. The zero-order chi connectivity index (χ0) is 29.7. The predicted molar refractivity (Wildman–Crippen MR) is 164 cm³/mol. The summed E-state index contributed by atoms with van der Waals surface area (Å²) in [5, 5.41) is 27.8.